The monoisotopic (exact) mass is 267 g/mol. The van der Waals surface area contributed by atoms with Gasteiger partial charge in [-0.2, -0.15) is 5.10 Å². The van der Waals surface area contributed by atoms with E-state index in [-0.39, 0.29) is 11.9 Å². The third-order valence-corrected chi connectivity index (χ3v) is 3.46. The van der Waals surface area contributed by atoms with Crippen LogP contribution in [0.1, 0.15) is 29.9 Å². The van der Waals surface area contributed by atoms with E-state index in [0.717, 1.165) is 17.1 Å². The minimum Gasteiger partial charge on any atom is -0.324 e. The summed E-state index contributed by atoms with van der Waals surface area (Å²) in [6.07, 6.45) is 0. The molecular formula is C13H15ClFN3. The zero-order valence-electron chi connectivity index (χ0n) is 10.5. The molecule has 0 amide bonds. The summed E-state index contributed by atoms with van der Waals surface area (Å²) in [7, 11) is 0. The maximum absolute atomic E-state index is 13.3. The highest BCUT2D eigenvalue weighted by atomic mass is 35.5. The molecule has 18 heavy (non-hydrogen) atoms. The van der Waals surface area contributed by atoms with Crippen molar-refractivity contribution in [1.29, 1.82) is 0 Å². The maximum atomic E-state index is 13.3. The zero-order chi connectivity index (χ0) is 13.4. The average molecular weight is 268 g/mol. The molecule has 0 aliphatic rings. The molecule has 2 N–H and O–H groups in total. The number of aromatic nitrogens is 2. The first-order valence-corrected chi connectivity index (χ1v) is 6.06. The number of nitrogens with zero attached hydrogens (tertiary/aromatic N) is 2. The lowest BCUT2D eigenvalue weighted by atomic mass is 10.1. The predicted octanol–water partition coefficient (Wildman–Crippen LogP) is 3.30. The topological polar surface area (TPSA) is 43.8 Å². The Kier molecular flexibility index (Phi) is 3.41. The molecule has 1 aromatic carbocycles. The summed E-state index contributed by atoms with van der Waals surface area (Å²) in [5.41, 5.74) is 8.91. The van der Waals surface area contributed by atoms with Crippen LogP contribution in [-0.4, -0.2) is 9.78 Å². The average Bonchev–Trinajstić information content (AvgIpc) is 2.57. The molecule has 3 nitrogen and oxygen atoms in total. The highest BCUT2D eigenvalue weighted by molar-refractivity contribution is 6.31. The van der Waals surface area contributed by atoms with Crippen LogP contribution in [-0.2, 0) is 0 Å². The summed E-state index contributed by atoms with van der Waals surface area (Å²) < 4.78 is 15.0. The van der Waals surface area contributed by atoms with E-state index in [1.165, 1.54) is 12.1 Å². The van der Waals surface area contributed by atoms with E-state index < -0.39 is 0 Å². The normalized spacial score (nSPS) is 12.8. The van der Waals surface area contributed by atoms with E-state index in [1.54, 1.807) is 10.7 Å². The zero-order valence-corrected chi connectivity index (χ0v) is 11.3. The Morgan fingerprint density at radius 2 is 2.06 bits per heavy atom. The molecule has 0 radical (unpaired) electrons. The number of halogens is 2. The van der Waals surface area contributed by atoms with E-state index in [4.69, 9.17) is 17.3 Å². The Balaban J connectivity index is 2.67. The lowest BCUT2D eigenvalue weighted by molar-refractivity contribution is 0.620. The molecule has 1 heterocycles. The molecule has 96 valence electrons. The fourth-order valence-electron chi connectivity index (χ4n) is 1.94. The van der Waals surface area contributed by atoms with Crippen LogP contribution < -0.4 is 5.73 Å². The van der Waals surface area contributed by atoms with Crippen LogP contribution in [0.5, 0.6) is 0 Å². The van der Waals surface area contributed by atoms with Crippen molar-refractivity contribution in [1.82, 2.24) is 9.78 Å². The van der Waals surface area contributed by atoms with Gasteiger partial charge in [-0.25, -0.2) is 9.07 Å². The minimum absolute atomic E-state index is 0.279. The molecule has 2 aromatic rings. The van der Waals surface area contributed by atoms with Gasteiger partial charge < -0.3 is 5.73 Å². The van der Waals surface area contributed by atoms with Gasteiger partial charge in [0.15, 0.2) is 0 Å². The van der Waals surface area contributed by atoms with Crippen LogP contribution in [0.2, 0.25) is 5.02 Å². The van der Waals surface area contributed by atoms with Crippen LogP contribution in [0.3, 0.4) is 0 Å². The first kappa shape index (κ1) is 13.1. The van der Waals surface area contributed by atoms with Gasteiger partial charge >= 0.3 is 0 Å². The van der Waals surface area contributed by atoms with Gasteiger partial charge in [0.1, 0.15) is 5.82 Å². The van der Waals surface area contributed by atoms with E-state index in [0.29, 0.717) is 10.6 Å². The number of nitrogens with two attached hydrogens (primary N) is 1. The molecule has 2 rings (SSSR count). The summed E-state index contributed by atoms with van der Waals surface area (Å²) in [5.74, 6) is -0.307. The Morgan fingerprint density at radius 1 is 1.39 bits per heavy atom. The summed E-state index contributed by atoms with van der Waals surface area (Å²) in [6, 6.07) is 4.22. The van der Waals surface area contributed by atoms with Gasteiger partial charge in [0, 0.05) is 6.04 Å². The quantitative estimate of drug-likeness (QED) is 0.907. The third kappa shape index (κ3) is 2.13. The maximum Gasteiger partial charge on any atom is 0.123 e. The molecule has 5 heteroatoms. The highest BCUT2D eigenvalue weighted by Crippen LogP contribution is 2.26. The van der Waals surface area contributed by atoms with E-state index in [1.807, 2.05) is 20.8 Å². The fraction of sp³-hybridized carbons (Fsp3) is 0.308. The van der Waals surface area contributed by atoms with Crippen molar-refractivity contribution in [3.8, 4) is 5.69 Å². The minimum atomic E-state index is -0.307. The Labute approximate surface area is 110 Å². The predicted molar refractivity (Wildman–Crippen MR) is 70.6 cm³/mol. The van der Waals surface area contributed by atoms with E-state index >= 15 is 0 Å². The van der Waals surface area contributed by atoms with Crippen LogP contribution in [0.4, 0.5) is 4.39 Å². The summed E-state index contributed by atoms with van der Waals surface area (Å²) in [5, 5.41) is 4.98. The van der Waals surface area contributed by atoms with Crippen molar-refractivity contribution in [2.24, 2.45) is 5.73 Å². The van der Waals surface area contributed by atoms with E-state index in [2.05, 4.69) is 5.10 Å². The fourth-order valence-corrected chi connectivity index (χ4v) is 2.06. The smallest absolute Gasteiger partial charge is 0.123 e. The Bertz CT molecular complexity index is 590. The van der Waals surface area contributed by atoms with Crippen molar-refractivity contribution in [3.05, 3.63) is 46.0 Å². The molecule has 0 bridgehead atoms. The van der Waals surface area contributed by atoms with Gasteiger partial charge in [-0.3, -0.25) is 0 Å². The molecule has 1 atom stereocenters. The van der Waals surface area contributed by atoms with Crippen LogP contribution in [0.15, 0.2) is 18.2 Å². The van der Waals surface area contributed by atoms with Crippen molar-refractivity contribution < 1.29 is 4.39 Å². The molecule has 0 saturated carbocycles. The molecule has 0 saturated heterocycles. The molecule has 1 unspecified atom stereocenters. The number of hydrogen-bond donors (Lipinski definition) is 1. The van der Waals surface area contributed by atoms with Crippen molar-refractivity contribution >= 4 is 11.6 Å². The number of aryl methyl sites for hydroxylation is 1. The standard InChI is InChI=1S/C13H15ClFN3/c1-7(16)11-6-10(15)4-5-12(11)18-9(3)13(14)8(2)17-18/h4-7H,16H2,1-3H3. The van der Waals surface area contributed by atoms with Crippen molar-refractivity contribution in [2.75, 3.05) is 0 Å². The van der Waals surface area contributed by atoms with Crippen LogP contribution in [0, 0.1) is 19.7 Å². The van der Waals surface area contributed by atoms with Crippen LogP contribution in [0.25, 0.3) is 5.69 Å². The second-order valence-corrected chi connectivity index (χ2v) is 4.77. The highest BCUT2D eigenvalue weighted by Gasteiger charge is 2.15. The largest absolute Gasteiger partial charge is 0.324 e. The summed E-state index contributed by atoms with van der Waals surface area (Å²) >= 11 is 6.12. The first-order chi connectivity index (χ1) is 8.41. The van der Waals surface area contributed by atoms with Crippen LogP contribution >= 0.6 is 11.6 Å². The third-order valence-electron chi connectivity index (χ3n) is 2.91. The SMILES string of the molecule is Cc1nn(-c2ccc(F)cc2C(C)N)c(C)c1Cl. The molecule has 0 fully saturated rings. The molecule has 0 aliphatic heterocycles. The van der Waals surface area contributed by atoms with Gasteiger partial charge in [-0.05, 0) is 44.5 Å². The Morgan fingerprint density at radius 3 is 2.56 bits per heavy atom. The second kappa shape index (κ2) is 4.71. The second-order valence-electron chi connectivity index (χ2n) is 4.39. The molecular weight excluding hydrogens is 253 g/mol. The van der Waals surface area contributed by atoms with Crippen molar-refractivity contribution in [2.45, 2.75) is 26.8 Å². The molecule has 0 aliphatic carbocycles. The van der Waals surface area contributed by atoms with E-state index in [9.17, 15) is 4.39 Å². The van der Waals surface area contributed by atoms with Gasteiger partial charge in [0.2, 0.25) is 0 Å². The molecule has 1 aromatic heterocycles. The van der Waals surface area contributed by atoms with Gasteiger partial charge in [0.25, 0.3) is 0 Å². The van der Waals surface area contributed by atoms with Gasteiger partial charge in [-0.1, -0.05) is 11.6 Å². The Hall–Kier alpha value is -1.39. The van der Waals surface area contributed by atoms with Crippen molar-refractivity contribution in [3.63, 3.8) is 0 Å². The number of hydrogen-bond acceptors (Lipinski definition) is 2. The molecule has 0 spiro atoms. The lowest BCUT2D eigenvalue weighted by Gasteiger charge is -2.14. The van der Waals surface area contributed by atoms with Gasteiger partial charge in [-0.15, -0.1) is 0 Å². The van der Waals surface area contributed by atoms with Gasteiger partial charge in [0.05, 0.1) is 22.1 Å². The lowest BCUT2D eigenvalue weighted by Crippen LogP contribution is -2.12. The number of rotatable bonds is 2. The summed E-state index contributed by atoms with van der Waals surface area (Å²) in [4.78, 5) is 0. The number of benzene rings is 1. The summed E-state index contributed by atoms with van der Waals surface area (Å²) in [6.45, 7) is 5.52. The first-order valence-electron chi connectivity index (χ1n) is 5.69.